The van der Waals surface area contributed by atoms with Crippen LogP contribution < -0.4 is 9.62 Å². The first-order chi connectivity index (χ1) is 16.9. The zero-order valence-corrected chi connectivity index (χ0v) is 20.4. The first kappa shape index (κ1) is 23.1. The van der Waals surface area contributed by atoms with E-state index in [4.69, 9.17) is 0 Å². The van der Waals surface area contributed by atoms with E-state index in [-0.39, 0.29) is 9.90 Å². The fourth-order valence-corrected chi connectivity index (χ4v) is 6.81. The van der Waals surface area contributed by atoms with Gasteiger partial charge in [0.05, 0.1) is 5.69 Å². The lowest BCUT2D eigenvalue weighted by Gasteiger charge is -2.23. The zero-order valence-electron chi connectivity index (χ0n) is 18.8. The van der Waals surface area contributed by atoms with Crippen molar-refractivity contribution in [3.8, 4) is 0 Å². The van der Waals surface area contributed by atoms with Crippen LogP contribution in [0.1, 0.15) is 6.92 Å². The summed E-state index contributed by atoms with van der Waals surface area (Å²) in [4.78, 5) is 13.0. The Bertz CT molecular complexity index is 1640. The molecule has 5 aromatic rings. The van der Waals surface area contributed by atoms with E-state index in [2.05, 4.69) is 22.9 Å². The Labute approximate surface area is 206 Å². The number of nitrogens with one attached hydrogen (secondary N) is 1. The van der Waals surface area contributed by atoms with Crippen LogP contribution in [0.2, 0.25) is 0 Å². The Hall–Kier alpha value is -3.69. The van der Waals surface area contributed by atoms with Crippen LogP contribution in [0.15, 0.2) is 88.5 Å². The Morgan fingerprint density at radius 3 is 2.46 bits per heavy atom. The van der Waals surface area contributed by atoms with E-state index < -0.39 is 28.3 Å². The third-order valence-electron chi connectivity index (χ3n) is 5.82. The van der Waals surface area contributed by atoms with Crippen molar-refractivity contribution in [2.45, 2.75) is 17.7 Å². The van der Waals surface area contributed by atoms with Crippen molar-refractivity contribution in [3.63, 3.8) is 0 Å². The fourth-order valence-electron chi connectivity index (χ4n) is 4.28. The quantitative estimate of drug-likeness (QED) is 0.300. The van der Waals surface area contributed by atoms with E-state index in [1.807, 2.05) is 30.3 Å². The molecule has 0 bridgehead atoms. The number of amides is 1. The third-order valence-corrected chi connectivity index (χ3v) is 8.95. The summed E-state index contributed by atoms with van der Waals surface area (Å²) in [5, 5.41) is 6.46. The van der Waals surface area contributed by atoms with Gasteiger partial charge in [0.1, 0.15) is 16.6 Å². The summed E-state index contributed by atoms with van der Waals surface area (Å²) >= 11 is 1.01. The number of aromatic nitrogens is 1. The summed E-state index contributed by atoms with van der Waals surface area (Å²) < 4.78 is 44.2. The Morgan fingerprint density at radius 2 is 1.71 bits per heavy atom. The molecule has 2 heterocycles. The predicted octanol–water partition coefficient (Wildman–Crippen LogP) is 5.85. The molecule has 1 amide bonds. The molecule has 6 nitrogen and oxygen atoms in total. The average molecular weight is 508 g/mol. The summed E-state index contributed by atoms with van der Waals surface area (Å²) in [6.45, 7) is 2.30. The second-order valence-corrected chi connectivity index (χ2v) is 11.0. The molecule has 0 aliphatic carbocycles. The van der Waals surface area contributed by atoms with Crippen LogP contribution in [0, 0.1) is 5.82 Å². The maximum absolute atomic E-state index is 14.6. The van der Waals surface area contributed by atoms with Crippen molar-refractivity contribution in [1.29, 1.82) is 0 Å². The largest absolute Gasteiger partial charge is 0.341 e. The summed E-state index contributed by atoms with van der Waals surface area (Å²) in [6.07, 6.45) is 0. The highest BCUT2D eigenvalue weighted by Gasteiger charge is 2.30. The van der Waals surface area contributed by atoms with E-state index >= 15 is 0 Å². The first-order valence-corrected chi connectivity index (χ1v) is 13.3. The van der Waals surface area contributed by atoms with Crippen molar-refractivity contribution in [1.82, 2.24) is 4.57 Å². The number of halogens is 1. The summed E-state index contributed by atoms with van der Waals surface area (Å²) in [5.41, 5.74) is 2.49. The average Bonchev–Trinajstić information content (AvgIpc) is 3.50. The molecule has 0 fully saturated rings. The maximum Gasteiger partial charge on any atom is 0.274 e. The summed E-state index contributed by atoms with van der Waals surface area (Å²) in [5.74, 6) is -1.30. The van der Waals surface area contributed by atoms with Crippen LogP contribution in [0.4, 0.5) is 15.8 Å². The molecule has 0 radical (unpaired) electrons. The molecule has 1 N–H and O–H groups in total. The number of sulfonamides is 1. The molecule has 3 aromatic carbocycles. The Morgan fingerprint density at radius 1 is 0.971 bits per heavy atom. The minimum Gasteiger partial charge on any atom is -0.341 e. The van der Waals surface area contributed by atoms with Crippen molar-refractivity contribution < 1.29 is 17.6 Å². The third kappa shape index (κ3) is 4.17. The highest BCUT2D eigenvalue weighted by atomic mass is 32.2. The van der Waals surface area contributed by atoms with Crippen LogP contribution >= 0.6 is 11.3 Å². The minimum atomic E-state index is -4.14. The lowest BCUT2D eigenvalue weighted by molar-refractivity contribution is -0.114. The van der Waals surface area contributed by atoms with Gasteiger partial charge >= 0.3 is 0 Å². The number of benzene rings is 3. The van der Waals surface area contributed by atoms with Crippen LogP contribution in [-0.2, 0) is 21.4 Å². The van der Waals surface area contributed by atoms with Crippen molar-refractivity contribution in [3.05, 3.63) is 90.1 Å². The number of aryl methyl sites for hydroxylation is 1. The van der Waals surface area contributed by atoms with Gasteiger partial charge in [-0.15, -0.1) is 11.3 Å². The number of para-hydroxylation sites is 2. The van der Waals surface area contributed by atoms with E-state index in [1.165, 1.54) is 30.3 Å². The van der Waals surface area contributed by atoms with Crippen molar-refractivity contribution >= 4 is 60.4 Å². The van der Waals surface area contributed by atoms with Gasteiger partial charge in [0.15, 0.2) is 0 Å². The SMILES string of the molecule is CCn1c2ccccc2c2cc(NC(=O)CN(c3ccccc3F)S(=O)(=O)c3cccs3)ccc21. The van der Waals surface area contributed by atoms with Crippen LogP contribution in [0.5, 0.6) is 0 Å². The van der Waals surface area contributed by atoms with Crippen LogP contribution in [0.25, 0.3) is 21.8 Å². The van der Waals surface area contributed by atoms with Crippen molar-refractivity contribution in [2.24, 2.45) is 0 Å². The minimum absolute atomic E-state index is 0.0300. The number of nitrogens with zero attached hydrogens (tertiary/aromatic N) is 2. The highest BCUT2D eigenvalue weighted by molar-refractivity contribution is 7.94. The summed E-state index contributed by atoms with van der Waals surface area (Å²) in [7, 11) is -4.14. The van der Waals surface area contributed by atoms with E-state index in [0.29, 0.717) is 5.69 Å². The van der Waals surface area contributed by atoms with Gasteiger partial charge in [0, 0.05) is 34.0 Å². The number of anilines is 2. The van der Waals surface area contributed by atoms with E-state index in [1.54, 1.807) is 17.5 Å². The molecular formula is C26H22FN3O3S2. The fraction of sp³-hybridized carbons (Fsp3) is 0.115. The molecule has 0 spiro atoms. The maximum atomic E-state index is 14.6. The number of hydrogen-bond acceptors (Lipinski definition) is 4. The smallest absolute Gasteiger partial charge is 0.274 e. The lowest BCUT2D eigenvalue weighted by atomic mass is 10.1. The standard InChI is InChI=1S/C26H22FN3O3S2/c1-2-29-22-10-5-3-8-19(22)20-16-18(13-14-23(20)29)28-25(31)17-30(24-11-6-4-9-21(24)27)35(32,33)26-12-7-15-34-26/h3-16H,2,17H2,1H3,(H,28,31). The number of carbonyl (C=O) groups is 1. The molecular weight excluding hydrogens is 485 g/mol. The molecule has 0 unspecified atom stereocenters. The second kappa shape index (κ2) is 9.16. The van der Waals surface area contributed by atoms with Crippen molar-refractivity contribution in [2.75, 3.05) is 16.2 Å². The number of thiophene rings is 1. The van der Waals surface area contributed by atoms with E-state index in [0.717, 1.165) is 44.0 Å². The number of fused-ring (bicyclic) bond motifs is 3. The van der Waals surface area contributed by atoms with Gasteiger partial charge in [-0.2, -0.15) is 0 Å². The molecule has 0 saturated carbocycles. The van der Waals surface area contributed by atoms with Gasteiger partial charge in [-0.25, -0.2) is 12.8 Å². The first-order valence-electron chi connectivity index (χ1n) is 11.0. The molecule has 35 heavy (non-hydrogen) atoms. The number of rotatable bonds is 7. The van der Waals surface area contributed by atoms with Crippen LogP contribution in [0.3, 0.4) is 0 Å². The molecule has 178 valence electrons. The molecule has 0 atom stereocenters. The topological polar surface area (TPSA) is 71.4 Å². The highest BCUT2D eigenvalue weighted by Crippen LogP contribution is 2.32. The Kier molecular flexibility index (Phi) is 6.04. The van der Waals surface area contributed by atoms with Crippen LogP contribution in [-0.4, -0.2) is 25.4 Å². The van der Waals surface area contributed by atoms with Gasteiger partial charge in [0.2, 0.25) is 5.91 Å². The van der Waals surface area contributed by atoms with Gasteiger partial charge in [-0.3, -0.25) is 9.10 Å². The van der Waals surface area contributed by atoms with Gasteiger partial charge in [-0.1, -0.05) is 36.4 Å². The molecule has 9 heteroatoms. The molecule has 0 aliphatic heterocycles. The Balaban J connectivity index is 1.48. The molecule has 0 aliphatic rings. The number of hydrogen-bond donors (Lipinski definition) is 1. The lowest BCUT2D eigenvalue weighted by Crippen LogP contribution is -2.38. The molecule has 0 saturated heterocycles. The van der Waals surface area contributed by atoms with E-state index in [9.17, 15) is 17.6 Å². The number of carbonyl (C=O) groups excluding carboxylic acids is 1. The summed E-state index contributed by atoms with van der Waals surface area (Å²) in [6, 6.07) is 22.2. The van der Waals surface area contributed by atoms with Gasteiger partial charge < -0.3 is 9.88 Å². The predicted molar refractivity (Wildman–Crippen MR) is 139 cm³/mol. The molecule has 5 rings (SSSR count). The second-order valence-electron chi connectivity index (χ2n) is 7.94. The van der Waals surface area contributed by atoms with Gasteiger partial charge in [0.25, 0.3) is 10.0 Å². The monoisotopic (exact) mass is 507 g/mol. The zero-order chi connectivity index (χ0) is 24.6. The molecule has 2 aromatic heterocycles. The normalized spacial score (nSPS) is 11.7. The van der Waals surface area contributed by atoms with Gasteiger partial charge in [-0.05, 0) is 54.8 Å².